The molecule has 0 bridgehead atoms. The van der Waals surface area contributed by atoms with E-state index in [1.165, 1.54) is 27.8 Å². The second-order valence-electron chi connectivity index (χ2n) is 7.23. The quantitative estimate of drug-likeness (QED) is 0.392. The highest BCUT2D eigenvalue weighted by molar-refractivity contribution is 7.89. The lowest BCUT2D eigenvalue weighted by Crippen LogP contribution is -2.40. The third-order valence-electron chi connectivity index (χ3n) is 4.88. The van der Waals surface area contributed by atoms with Crippen LogP contribution in [0.5, 0.6) is 5.75 Å². The van der Waals surface area contributed by atoms with Gasteiger partial charge in [-0.15, -0.1) is 0 Å². The monoisotopic (exact) mass is 492 g/mol. The van der Waals surface area contributed by atoms with Gasteiger partial charge >= 0.3 is 5.69 Å². The van der Waals surface area contributed by atoms with E-state index >= 15 is 0 Å². The number of nitro groups is 1. The van der Waals surface area contributed by atoms with Crippen LogP contribution in [-0.2, 0) is 19.6 Å². The van der Waals surface area contributed by atoms with Crippen molar-refractivity contribution in [2.75, 3.05) is 38.2 Å². The van der Waals surface area contributed by atoms with E-state index < -0.39 is 33.1 Å². The summed E-state index contributed by atoms with van der Waals surface area (Å²) in [4.78, 5) is 27.2. The first-order chi connectivity index (χ1) is 15.7. The fraction of sp³-hybridized carbons (Fsp3) is 0.300. The molecule has 33 heavy (non-hydrogen) atoms. The molecule has 0 spiro atoms. The van der Waals surface area contributed by atoms with Crippen LogP contribution in [-0.4, -0.2) is 61.4 Å². The molecule has 2 aromatic carbocycles. The first kappa shape index (κ1) is 23.0. The van der Waals surface area contributed by atoms with Crippen LogP contribution >= 0.6 is 11.3 Å². The van der Waals surface area contributed by atoms with Gasteiger partial charge in [-0.2, -0.15) is 4.31 Å². The lowest BCUT2D eigenvalue weighted by molar-refractivity contribution is -0.386. The Morgan fingerprint density at radius 3 is 2.76 bits per heavy atom. The number of nitro benzene ring substituents is 1. The molecule has 0 saturated carbocycles. The van der Waals surface area contributed by atoms with Crippen LogP contribution in [0.3, 0.4) is 0 Å². The van der Waals surface area contributed by atoms with Crippen LogP contribution in [0, 0.1) is 17.0 Å². The van der Waals surface area contributed by atoms with Crippen molar-refractivity contribution in [1.29, 1.82) is 0 Å². The van der Waals surface area contributed by atoms with E-state index in [4.69, 9.17) is 9.47 Å². The Hall–Kier alpha value is -3.13. The van der Waals surface area contributed by atoms with Crippen molar-refractivity contribution in [3.8, 4) is 5.75 Å². The summed E-state index contributed by atoms with van der Waals surface area (Å²) in [5.74, 6) is -0.763. The van der Waals surface area contributed by atoms with Gasteiger partial charge in [-0.25, -0.2) is 13.4 Å². The first-order valence-corrected chi connectivity index (χ1v) is 12.2. The fourth-order valence-corrected chi connectivity index (χ4v) is 5.65. The van der Waals surface area contributed by atoms with Gasteiger partial charge in [0.2, 0.25) is 10.0 Å². The molecule has 1 saturated heterocycles. The van der Waals surface area contributed by atoms with Crippen molar-refractivity contribution in [1.82, 2.24) is 9.29 Å². The number of ether oxygens (including phenoxy) is 2. The number of morpholine rings is 1. The van der Waals surface area contributed by atoms with Crippen LogP contribution in [0.15, 0.2) is 41.3 Å². The summed E-state index contributed by atoms with van der Waals surface area (Å²) >= 11 is 1.30. The first-order valence-electron chi connectivity index (χ1n) is 9.90. The molecule has 0 radical (unpaired) electrons. The fourth-order valence-electron chi connectivity index (χ4n) is 3.24. The van der Waals surface area contributed by atoms with Gasteiger partial charge in [0.1, 0.15) is 0 Å². The highest BCUT2D eigenvalue weighted by atomic mass is 32.2. The van der Waals surface area contributed by atoms with E-state index in [2.05, 4.69) is 10.3 Å². The summed E-state index contributed by atoms with van der Waals surface area (Å²) in [6.45, 7) is 2.29. The zero-order chi connectivity index (χ0) is 23.6. The van der Waals surface area contributed by atoms with Crippen LogP contribution in [0.25, 0.3) is 10.2 Å². The Morgan fingerprint density at radius 2 is 2.03 bits per heavy atom. The molecule has 13 heteroatoms. The molecule has 1 fully saturated rings. The number of sulfonamides is 1. The van der Waals surface area contributed by atoms with Gasteiger partial charge in [0.25, 0.3) is 5.91 Å². The third kappa shape index (κ3) is 5.11. The largest absolute Gasteiger partial charge is 0.477 e. The maximum absolute atomic E-state index is 12.8. The second kappa shape index (κ2) is 9.39. The molecule has 1 aliphatic rings. The summed E-state index contributed by atoms with van der Waals surface area (Å²) in [7, 11) is -3.92. The molecule has 0 aliphatic carbocycles. The number of aromatic nitrogens is 1. The van der Waals surface area contributed by atoms with Crippen molar-refractivity contribution in [3.05, 3.63) is 52.1 Å². The van der Waals surface area contributed by atoms with Gasteiger partial charge in [-0.3, -0.25) is 20.2 Å². The average Bonchev–Trinajstić information content (AvgIpc) is 3.19. The number of rotatable bonds is 7. The molecule has 174 valence electrons. The van der Waals surface area contributed by atoms with E-state index in [9.17, 15) is 23.3 Å². The predicted octanol–water partition coefficient (Wildman–Crippen LogP) is 2.55. The van der Waals surface area contributed by atoms with Crippen LogP contribution in [0.1, 0.15) is 5.56 Å². The third-order valence-corrected chi connectivity index (χ3v) is 7.71. The SMILES string of the molecule is Cc1ccc2nc(NC(=O)COc3ccc(S(=O)(=O)N4CCOCC4)cc3[N+](=O)[O-])sc2c1. The highest BCUT2D eigenvalue weighted by Crippen LogP contribution is 2.31. The summed E-state index contributed by atoms with van der Waals surface area (Å²) in [6.07, 6.45) is 0. The lowest BCUT2D eigenvalue weighted by Gasteiger charge is -2.26. The van der Waals surface area contributed by atoms with E-state index in [1.807, 2.05) is 25.1 Å². The molecule has 1 aromatic heterocycles. The normalized spacial score (nSPS) is 14.8. The zero-order valence-electron chi connectivity index (χ0n) is 17.5. The van der Waals surface area contributed by atoms with E-state index in [0.29, 0.717) is 5.13 Å². The van der Waals surface area contributed by atoms with Crippen molar-refractivity contribution in [2.24, 2.45) is 0 Å². The van der Waals surface area contributed by atoms with Crippen molar-refractivity contribution < 1.29 is 27.6 Å². The van der Waals surface area contributed by atoms with E-state index in [1.54, 1.807) is 0 Å². The number of fused-ring (bicyclic) bond motifs is 1. The van der Waals surface area contributed by atoms with Crippen molar-refractivity contribution in [2.45, 2.75) is 11.8 Å². The number of benzene rings is 2. The molecule has 11 nitrogen and oxygen atoms in total. The Morgan fingerprint density at radius 1 is 1.27 bits per heavy atom. The number of thiazole rings is 1. The number of carbonyl (C=O) groups is 1. The van der Waals surface area contributed by atoms with Gasteiger partial charge < -0.3 is 9.47 Å². The molecule has 2 heterocycles. The Kier molecular flexibility index (Phi) is 6.56. The molecular formula is C20H20N4O7S2. The maximum atomic E-state index is 12.8. The Bertz CT molecular complexity index is 1320. The average molecular weight is 493 g/mol. The Balaban J connectivity index is 1.46. The van der Waals surface area contributed by atoms with Gasteiger partial charge in [0, 0.05) is 19.2 Å². The van der Waals surface area contributed by atoms with E-state index in [-0.39, 0.29) is 36.9 Å². The number of carbonyl (C=O) groups excluding carboxylic acids is 1. The smallest absolute Gasteiger partial charge is 0.312 e. The van der Waals surface area contributed by atoms with Gasteiger partial charge in [0.15, 0.2) is 17.5 Å². The summed E-state index contributed by atoms with van der Waals surface area (Å²) in [6, 6.07) is 9.06. The van der Waals surface area contributed by atoms with Gasteiger partial charge in [-0.1, -0.05) is 17.4 Å². The number of hydrogen-bond donors (Lipinski definition) is 1. The number of hydrogen-bond acceptors (Lipinski definition) is 9. The van der Waals surface area contributed by atoms with E-state index in [0.717, 1.165) is 21.8 Å². The number of aryl methyl sites for hydroxylation is 1. The Labute approximate surface area is 193 Å². The van der Waals surface area contributed by atoms with Crippen LogP contribution in [0.4, 0.5) is 10.8 Å². The molecular weight excluding hydrogens is 472 g/mol. The molecule has 4 rings (SSSR count). The topological polar surface area (TPSA) is 141 Å². The van der Waals surface area contributed by atoms with Crippen LogP contribution in [0.2, 0.25) is 0 Å². The number of nitrogens with zero attached hydrogens (tertiary/aromatic N) is 3. The van der Waals surface area contributed by atoms with Gasteiger partial charge in [-0.05, 0) is 36.8 Å². The zero-order valence-corrected chi connectivity index (χ0v) is 19.1. The standard InChI is InChI=1S/C20H20N4O7S2/c1-13-2-4-15-18(10-13)32-20(21-15)22-19(25)12-31-17-5-3-14(11-16(17)24(26)27)33(28,29)23-6-8-30-9-7-23/h2-5,10-11H,6-9,12H2,1H3,(H,21,22,25). The molecule has 0 unspecified atom stereocenters. The molecule has 0 atom stereocenters. The summed E-state index contributed by atoms with van der Waals surface area (Å²) < 4.78 is 38.2. The molecule has 1 aliphatic heterocycles. The predicted molar refractivity (Wildman–Crippen MR) is 121 cm³/mol. The second-order valence-corrected chi connectivity index (χ2v) is 10.2. The van der Waals surface area contributed by atoms with Crippen molar-refractivity contribution in [3.63, 3.8) is 0 Å². The lowest BCUT2D eigenvalue weighted by atomic mass is 10.2. The number of nitrogens with one attached hydrogen (secondary N) is 1. The maximum Gasteiger partial charge on any atom is 0.312 e. The number of anilines is 1. The summed E-state index contributed by atoms with van der Waals surface area (Å²) in [5, 5.41) is 14.5. The molecule has 1 amide bonds. The minimum absolute atomic E-state index is 0.167. The van der Waals surface area contributed by atoms with Crippen molar-refractivity contribution >= 4 is 48.3 Å². The molecule has 3 aromatic rings. The summed E-state index contributed by atoms with van der Waals surface area (Å²) in [5.41, 5.74) is 1.26. The van der Waals surface area contributed by atoms with Gasteiger partial charge in [0.05, 0.1) is 33.2 Å². The minimum Gasteiger partial charge on any atom is -0.477 e. The highest BCUT2D eigenvalue weighted by Gasteiger charge is 2.29. The molecule has 1 N–H and O–H groups in total. The van der Waals surface area contributed by atoms with Crippen LogP contribution < -0.4 is 10.1 Å². The minimum atomic E-state index is -3.92. The number of amides is 1.